The first kappa shape index (κ1) is 32.0. The van der Waals surface area contributed by atoms with Crippen molar-refractivity contribution in [3.63, 3.8) is 0 Å². The normalized spacial score (nSPS) is 19.5. The summed E-state index contributed by atoms with van der Waals surface area (Å²) in [5.74, 6) is 0.721. The van der Waals surface area contributed by atoms with E-state index in [1.807, 2.05) is 40.6 Å². The molecule has 2 aromatic heterocycles. The Hall–Kier alpha value is -2.97. The first-order valence-electron chi connectivity index (χ1n) is 17.6. The van der Waals surface area contributed by atoms with Gasteiger partial charge in [-0.2, -0.15) is 0 Å². The van der Waals surface area contributed by atoms with Crippen LogP contribution in [0.3, 0.4) is 0 Å². The van der Waals surface area contributed by atoms with E-state index in [4.69, 9.17) is 0 Å². The molecule has 3 aromatic rings. The van der Waals surface area contributed by atoms with Crippen molar-refractivity contribution in [1.82, 2.24) is 25.5 Å². The number of fused-ring (bicyclic) bond motifs is 2. The molecule has 3 aliphatic rings. The van der Waals surface area contributed by atoms with Gasteiger partial charge < -0.3 is 20.5 Å². The molecule has 8 heteroatoms. The number of H-pyrrole nitrogens is 1. The van der Waals surface area contributed by atoms with E-state index in [2.05, 4.69) is 26.7 Å². The minimum atomic E-state index is 0.0282. The number of rotatable bonds is 8. The summed E-state index contributed by atoms with van der Waals surface area (Å²) in [7, 11) is 0. The molecule has 1 spiro atoms. The molecule has 45 heavy (non-hydrogen) atoms. The number of benzene rings is 1. The highest BCUT2D eigenvalue weighted by molar-refractivity contribution is 7.13. The second-order valence-corrected chi connectivity index (χ2v) is 14.5. The Bertz CT molecular complexity index is 1380. The number of carbonyl (C=O) groups is 2. The van der Waals surface area contributed by atoms with Crippen molar-refractivity contribution in [3.8, 4) is 10.6 Å². The molecule has 1 saturated carbocycles. The number of unbranched alkanes of at least 4 members (excludes halogenated alkanes) is 1. The molecule has 7 nitrogen and oxygen atoms in total. The number of hydrogen-bond donors (Lipinski definition) is 3. The van der Waals surface area contributed by atoms with E-state index >= 15 is 0 Å². The fourth-order valence-corrected chi connectivity index (χ4v) is 8.62. The molecule has 2 amide bonds. The first-order chi connectivity index (χ1) is 22.1. The summed E-state index contributed by atoms with van der Waals surface area (Å²) in [4.78, 5) is 36.5. The SMILES string of the molecule is O=C(NCCCCC1CCN(C(=O)c2csc(-c3ccccc3)n2)CC1)c1cc2c([nH]1)C1(CCCCCCCCCC1)CNC2. The molecule has 1 saturated heterocycles. The van der Waals surface area contributed by atoms with Gasteiger partial charge in [0.15, 0.2) is 0 Å². The highest BCUT2D eigenvalue weighted by atomic mass is 32.1. The number of hydrogen-bond acceptors (Lipinski definition) is 5. The minimum Gasteiger partial charge on any atom is -0.354 e. The zero-order valence-corrected chi connectivity index (χ0v) is 27.7. The molecule has 1 aliphatic carbocycles. The van der Waals surface area contributed by atoms with Crippen molar-refractivity contribution in [2.75, 3.05) is 26.2 Å². The maximum Gasteiger partial charge on any atom is 0.273 e. The Morgan fingerprint density at radius 3 is 2.40 bits per heavy atom. The van der Waals surface area contributed by atoms with Crippen molar-refractivity contribution < 1.29 is 9.59 Å². The van der Waals surface area contributed by atoms with Crippen LogP contribution in [0.15, 0.2) is 41.8 Å². The monoisotopic (exact) mass is 629 g/mol. The zero-order valence-electron chi connectivity index (χ0n) is 26.9. The molecule has 6 rings (SSSR count). The van der Waals surface area contributed by atoms with E-state index in [-0.39, 0.29) is 17.2 Å². The lowest BCUT2D eigenvalue weighted by Gasteiger charge is -2.38. The van der Waals surface area contributed by atoms with Crippen LogP contribution in [0.25, 0.3) is 10.6 Å². The summed E-state index contributed by atoms with van der Waals surface area (Å²) in [6, 6.07) is 12.2. The summed E-state index contributed by atoms with van der Waals surface area (Å²) < 4.78 is 0. The van der Waals surface area contributed by atoms with Gasteiger partial charge >= 0.3 is 0 Å². The molecule has 0 bridgehead atoms. The van der Waals surface area contributed by atoms with Crippen LogP contribution in [0.5, 0.6) is 0 Å². The van der Waals surface area contributed by atoms with Gasteiger partial charge in [-0.15, -0.1) is 11.3 Å². The van der Waals surface area contributed by atoms with Crippen molar-refractivity contribution in [2.24, 2.45) is 5.92 Å². The van der Waals surface area contributed by atoms with Crippen LogP contribution in [0.4, 0.5) is 0 Å². The second kappa shape index (κ2) is 15.5. The van der Waals surface area contributed by atoms with Gasteiger partial charge in [0.2, 0.25) is 0 Å². The molecule has 4 heterocycles. The lowest BCUT2D eigenvalue weighted by Crippen LogP contribution is -2.43. The predicted octanol–water partition coefficient (Wildman–Crippen LogP) is 7.85. The number of piperidine rings is 1. The Balaban J connectivity index is 0.922. The van der Waals surface area contributed by atoms with Crippen LogP contribution < -0.4 is 10.6 Å². The van der Waals surface area contributed by atoms with Gasteiger partial charge in [0.05, 0.1) is 0 Å². The van der Waals surface area contributed by atoms with E-state index in [9.17, 15) is 9.59 Å². The van der Waals surface area contributed by atoms with Gasteiger partial charge in [0, 0.05) is 54.8 Å². The van der Waals surface area contributed by atoms with Gasteiger partial charge in [-0.25, -0.2) is 4.98 Å². The van der Waals surface area contributed by atoms with Crippen LogP contribution in [0, 0.1) is 5.92 Å². The van der Waals surface area contributed by atoms with Crippen LogP contribution in [-0.4, -0.2) is 52.9 Å². The lowest BCUT2D eigenvalue weighted by molar-refractivity contribution is 0.0680. The fourth-order valence-electron chi connectivity index (χ4n) is 7.82. The van der Waals surface area contributed by atoms with Crippen LogP contribution in [-0.2, 0) is 12.0 Å². The maximum absolute atomic E-state index is 13.2. The van der Waals surface area contributed by atoms with E-state index < -0.39 is 0 Å². The standard InChI is InChI=1S/C37H51N5O2S/c43-34(31-24-30-25-38-27-37(33(30)40-31)19-11-5-3-1-2-4-6-12-20-37)39-21-13-10-14-28-17-22-42(23-18-28)36(44)32-26-45-35(41-32)29-15-8-7-9-16-29/h7-9,15-16,24,26,28,38,40H,1-6,10-14,17-23,25,27H2,(H,39,43). The summed E-state index contributed by atoms with van der Waals surface area (Å²) in [6.07, 6.45) is 18.4. The van der Waals surface area contributed by atoms with Crippen LogP contribution >= 0.6 is 11.3 Å². The second-order valence-electron chi connectivity index (χ2n) is 13.7. The van der Waals surface area contributed by atoms with Gasteiger partial charge in [-0.3, -0.25) is 9.59 Å². The highest BCUT2D eigenvalue weighted by Gasteiger charge is 2.38. The summed E-state index contributed by atoms with van der Waals surface area (Å²) in [5, 5.41) is 9.67. The number of carbonyl (C=O) groups excluding carboxylic acids is 2. The van der Waals surface area contributed by atoms with E-state index in [1.54, 1.807) is 0 Å². The van der Waals surface area contributed by atoms with Crippen LogP contribution in [0.2, 0.25) is 0 Å². The molecular formula is C37H51N5O2S. The smallest absolute Gasteiger partial charge is 0.273 e. The number of nitrogens with one attached hydrogen (secondary N) is 3. The van der Waals surface area contributed by atoms with Crippen molar-refractivity contribution >= 4 is 23.2 Å². The average Bonchev–Trinajstić information content (AvgIpc) is 3.74. The molecule has 2 aliphatic heterocycles. The molecule has 3 N–H and O–H groups in total. The van der Waals surface area contributed by atoms with Gasteiger partial charge in [-0.1, -0.05) is 94.5 Å². The Morgan fingerprint density at radius 2 is 1.67 bits per heavy atom. The topological polar surface area (TPSA) is 90.1 Å². The largest absolute Gasteiger partial charge is 0.354 e. The number of aromatic nitrogens is 2. The summed E-state index contributed by atoms with van der Waals surface area (Å²) in [6.45, 7) is 4.17. The van der Waals surface area contributed by atoms with Crippen molar-refractivity contribution in [3.05, 3.63) is 64.4 Å². The number of amides is 2. The maximum atomic E-state index is 13.2. The Morgan fingerprint density at radius 1 is 0.956 bits per heavy atom. The third-order valence-electron chi connectivity index (χ3n) is 10.5. The Kier molecular flexibility index (Phi) is 11.1. The number of likely N-dealkylation sites (tertiary alicyclic amines) is 1. The van der Waals surface area contributed by atoms with Crippen molar-refractivity contribution in [2.45, 2.75) is 108 Å². The van der Waals surface area contributed by atoms with Crippen LogP contribution in [0.1, 0.15) is 129 Å². The van der Waals surface area contributed by atoms with Gasteiger partial charge in [0.1, 0.15) is 16.4 Å². The van der Waals surface area contributed by atoms with E-state index in [0.717, 1.165) is 74.5 Å². The average molecular weight is 630 g/mol. The number of thiazole rings is 1. The quantitative estimate of drug-likeness (QED) is 0.222. The first-order valence-corrected chi connectivity index (χ1v) is 18.5. The molecular weight excluding hydrogens is 579 g/mol. The molecule has 0 radical (unpaired) electrons. The molecule has 0 atom stereocenters. The molecule has 1 aromatic carbocycles. The van der Waals surface area contributed by atoms with Gasteiger partial charge in [0.25, 0.3) is 11.8 Å². The predicted molar refractivity (Wildman–Crippen MR) is 183 cm³/mol. The molecule has 0 unspecified atom stereocenters. The van der Waals surface area contributed by atoms with Crippen molar-refractivity contribution in [1.29, 1.82) is 0 Å². The lowest BCUT2D eigenvalue weighted by atomic mass is 9.72. The highest BCUT2D eigenvalue weighted by Crippen LogP contribution is 2.40. The summed E-state index contributed by atoms with van der Waals surface area (Å²) >= 11 is 1.53. The third kappa shape index (κ3) is 8.07. The number of aromatic amines is 1. The molecule has 242 valence electrons. The molecule has 2 fully saturated rings. The minimum absolute atomic E-state index is 0.0282. The van der Waals surface area contributed by atoms with Gasteiger partial charge in [-0.05, 0) is 49.7 Å². The number of nitrogens with zero attached hydrogens (tertiary/aromatic N) is 2. The summed E-state index contributed by atoms with van der Waals surface area (Å²) in [5.41, 5.74) is 5.11. The zero-order chi connectivity index (χ0) is 30.9. The van der Waals surface area contributed by atoms with E-state index in [1.165, 1.54) is 86.8 Å². The van der Waals surface area contributed by atoms with E-state index in [0.29, 0.717) is 18.2 Å². The third-order valence-corrected chi connectivity index (χ3v) is 11.4. The Labute approximate surface area is 273 Å². The fraction of sp³-hybridized carbons (Fsp3) is 0.595.